The summed E-state index contributed by atoms with van der Waals surface area (Å²) in [6, 6.07) is 5.49. The van der Waals surface area contributed by atoms with Gasteiger partial charge in [-0.15, -0.1) is 0 Å². The van der Waals surface area contributed by atoms with Gasteiger partial charge in [0, 0.05) is 32.3 Å². The van der Waals surface area contributed by atoms with Gasteiger partial charge in [-0.3, -0.25) is 4.68 Å². The number of benzene rings is 1. The molecule has 0 amide bonds. The minimum atomic E-state index is -4.49. The molecule has 0 bridgehead atoms. The standard InChI is InChI=1S/C16H18F3N3O2S/c1-21-10-8-15(20-21)12-3-2-9-22(11-12)25(23,24)14-6-4-13(5-7-14)16(17,18)19/h4-8,10,12H,2-3,9,11H2,1H3. The molecule has 1 aromatic heterocycles. The molecule has 0 spiro atoms. The van der Waals surface area contributed by atoms with Gasteiger partial charge in [0.05, 0.1) is 16.2 Å². The number of hydrogen-bond acceptors (Lipinski definition) is 3. The molecular formula is C16H18F3N3O2S. The topological polar surface area (TPSA) is 55.2 Å². The summed E-state index contributed by atoms with van der Waals surface area (Å²) in [6.07, 6.45) is -1.17. The number of aryl methyl sites for hydroxylation is 1. The number of nitrogens with zero attached hydrogens (tertiary/aromatic N) is 3. The molecule has 1 aromatic carbocycles. The van der Waals surface area contributed by atoms with Crippen molar-refractivity contribution in [1.29, 1.82) is 0 Å². The van der Waals surface area contributed by atoms with Crippen LogP contribution < -0.4 is 0 Å². The van der Waals surface area contributed by atoms with Crippen LogP contribution in [0.25, 0.3) is 0 Å². The van der Waals surface area contributed by atoms with E-state index in [4.69, 9.17) is 0 Å². The normalized spacial score (nSPS) is 19.9. The average Bonchev–Trinajstić information content (AvgIpc) is 3.01. The van der Waals surface area contributed by atoms with Crippen LogP contribution in [0.1, 0.15) is 30.0 Å². The zero-order valence-corrected chi connectivity index (χ0v) is 14.4. The molecule has 1 atom stereocenters. The summed E-state index contributed by atoms with van der Waals surface area (Å²) in [4.78, 5) is -0.123. The van der Waals surface area contributed by atoms with Gasteiger partial charge < -0.3 is 0 Å². The quantitative estimate of drug-likeness (QED) is 0.831. The predicted molar refractivity (Wildman–Crippen MR) is 85.4 cm³/mol. The summed E-state index contributed by atoms with van der Waals surface area (Å²) in [7, 11) is -2.03. The summed E-state index contributed by atoms with van der Waals surface area (Å²) < 4.78 is 66.4. The van der Waals surface area contributed by atoms with Crippen LogP contribution in [0.4, 0.5) is 13.2 Å². The van der Waals surface area contributed by atoms with E-state index in [1.807, 2.05) is 6.07 Å². The molecule has 9 heteroatoms. The highest BCUT2D eigenvalue weighted by Gasteiger charge is 2.34. The Labute approximate surface area is 144 Å². The van der Waals surface area contributed by atoms with Gasteiger partial charge in [0.1, 0.15) is 0 Å². The zero-order valence-electron chi connectivity index (χ0n) is 13.6. The zero-order chi connectivity index (χ0) is 18.2. The summed E-state index contributed by atoms with van der Waals surface area (Å²) in [5, 5.41) is 4.33. The third-order valence-electron chi connectivity index (χ3n) is 4.36. The Morgan fingerprint density at radius 1 is 1.16 bits per heavy atom. The number of rotatable bonds is 3. The van der Waals surface area contributed by atoms with Crippen molar-refractivity contribution < 1.29 is 21.6 Å². The lowest BCUT2D eigenvalue weighted by Gasteiger charge is -2.31. The molecule has 136 valence electrons. The van der Waals surface area contributed by atoms with E-state index in [2.05, 4.69) is 5.10 Å². The molecule has 1 unspecified atom stereocenters. The van der Waals surface area contributed by atoms with Crippen molar-refractivity contribution in [3.8, 4) is 0 Å². The van der Waals surface area contributed by atoms with E-state index in [1.54, 1.807) is 17.9 Å². The molecule has 0 N–H and O–H groups in total. The van der Waals surface area contributed by atoms with Crippen molar-refractivity contribution in [3.63, 3.8) is 0 Å². The number of halogens is 3. The lowest BCUT2D eigenvalue weighted by molar-refractivity contribution is -0.137. The van der Waals surface area contributed by atoms with E-state index in [0.717, 1.165) is 36.4 Å². The first-order valence-electron chi connectivity index (χ1n) is 7.85. The molecule has 5 nitrogen and oxygen atoms in total. The van der Waals surface area contributed by atoms with Crippen molar-refractivity contribution in [2.24, 2.45) is 7.05 Å². The Kier molecular flexibility index (Phi) is 4.63. The second kappa shape index (κ2) is 6.45. The highest BCUT2D eigenvalue weighted by Crippen LogP contribution is 2.32. The third-order valence-corrected chi connectivity index (χ3v) is 6.24. The molecule has 0 radical (unpaired) electrons. The molecule has 0 saturated carbocycles. The molecule has 2 aromatic rings. The number of hydrogen-bond donors (Lipinski definition) is 0. The largest absolute Gasteiger partial charge is 0.416 e. The van der Waals surface area contributed by atoms with Crippen molar-refractivity contribution in [1.82, 2.24) is 14.1 Å². The molecule has 25 heavy (non-hydrogen) atoms. The third kappa shape index (κ3) is 3.72. The fraction of sp³-hybridized carbons (Fsp3) is 0.438. The second-order valence-electron chi connectivity index (χ2n) is 6.14. The first kappa shape index (κ1) is 17.9. The monoisotopic (exact) mass is 373 g/mol. The van der Waals surface area contributed by atoms with Gasteiger partial charge in [0.15, 0.2) is 0 Å². The van der Waals surface area contributed by atoms with Crippen LogP contribution in [-0.2, 0) is 23.2 Å². The molecule has 1 fully saturated rings. The van der Waals surface area contributed by atoms with Crippen molar-refractivity contribution >= 4 is 10.0 Å². The number of piperidine rings is 1. The van der Waals surface area contributed by atoms with Crippen LogP contribution in [0.15, 0.2) is 41.4 Å². The van der Waals surface area contributed by atoms with Gasteiger partial charge in [-0.2, -0.15) is 22.6 Å². The predicted octanol–water partition coefficient (Wildman–Crippen LogP) is 3.01. The van der Waals surface area contributed by atoms with Crippen LogP contribution in [0.3, 0.4) is 0 Å². The van der Waals surface area contributed by atoms with E-state index in [9.17, 15) is 21.6 Å². The number of aromatic nitrogens is 2. The smallest absolute Gasteiger partial charge is 0.276 e. The van der Waals surface area contributed by atoms with E-state index in [0.29, 0.717) is 13.0 Å². The van der Waals surface area contributed by atoms with Gasteiger partial charge in [0.2, 0.25) is 10.0 Å². The first-order valence-corrected chi connectivity index (χ1v) is 9.29. The van der Waals surface area contributed by atoms with E-state index >= 15 is 0 Å². The average molecular weight is 373 g/mol. The SMILES string of the molecule is Cn1ccc(C2CCCN(S(=O)(=O)c3ccc(C(F)(F)F)cc3)C2)n1. The molecule has 1 saturated heterocycles. The summed E-state index contributed by atoms with van der Waals surface area (Å²) >= 11 is 0. The maximum absolute atomic E-state index is 12.7. The maximum Gasteiger partial charge on any atom is 0.416 e. The summed E-state index contributed by atoms with van der Waals surface area (Å²) in [5.41, 5.74) is -0.0359. The van der Waals surface area contributed by atoms with Gasteiger partial charge in [0.25, 0.3) is 0 Å². The molecule has 2 heterocycles. The molecule has 0 aliphatic carbocycles. The molecule has 1 aliphatic rings. The second-order valence-corrected chi connectivity index (χ2v) is 8.08. The van der Waals surface area contributed by atoms with Crippen LogP contribution in [0.2, 0.25) is 0 Å². The van der Waals surface area contributed by atoms with Crippen molar-refractivity contribution in [3.05, 3.63) is 47.8 Å². The van der Waals surface area contributed by atoms with E-state index < -0.39 is 21.8 Å². The molecular weight excluding hydrogens is 355 g/mol. The van der Waals surface area contributed by atoms with E-state index in [1.165, 1.54) is 4.31 Å². The highest BCUT2D eigenvalue weighted by atomic mass is 32.2. The van der Waals surface area contributed by atoms with E-state index in [-0.39, 0.29) is 17.4 Å². The van der Waals surface area contributed by atoms with Gasteiger partial charge in [-0.05, 0) is 43.2 Å². The first-order chi connectivity index (χ1) is 11.7. The summed E-state index contributed by atoms with van der Waals surface area (Å²) in [5.74, 6) is -0.0147. The molecule has 3 rings (SSSR count). The van der Waals surface area contributed by atoms with Crippen LogP contribution in [-0.4, -0.2) is 35.6 Å². The lowest BCUT2D eigenvalue weighted by atomic mass is 9.96. The highest BCUT2D eigenvalue weighted by molar-refractivity contribution is 7.89. The molecule has 1 aliphatic heterocycles. The minimum Gasteiger partial charge on any atom is -0.276 e. The Balaban J connectivity index is 1.81. The van der Waals surface area contributed by atoms with Crippen LogP contribution in [0.5, 0.6) is 0 Å². The minimum absolute atomic E-state index is 0.0147. The Bertz CT molecular complexity index is 844. The van der Waals surface area contributed by atoms with Crippen LogP contribution in [0, 0.1) is 0 Å². The maximum atomic E-state index is 12.7. The Hall–Kier alpha value is -1.87. The fourth-order valence-corrected chi connectivity index (χ4v) is 4.54. The Morgan fingerprint density at radius 3 is 2.40 bits per heavy atom. The Morgan fingerprint density at radius 2 is 1.84 bits per heavy atom. The number of alkyl halides is 3. The fourth-order valence-electron chi connectivity index (χ4n) is 3.02. The van der Waals surface area contributed by atoms with Crippen LogP contribution >= 0.6 is 0 Å². The van der Waals surface area contributed by atoms with Crippen molar-refractivity contribution in [2.45, 2.75) is 29.8 Å². The van der Waals surface area contributed by atoms with Gasteiger partial charge in [-0.1, -0.05) is 0 Å². The number of sulfonamides is 1. The van der Waals surface area contributed by atoms with Gasteiger partial charge >= 0.3 is 6.18 Å². The summed E-state index contributed by atoms with van der Waals surface area (Å²) in [6.45, 7) is 0.632. The van der Waals surface area contributed by atoms with Gasteiger partial charge in [-0.25, -0.2) is 8.42 Å². The lowest BCUT2D eigenvalue weighted by Crippen LogP contribution is -2.39. The van der Waals surface area contributed by atoms with Crippen molar-refractivity contribution in [2.75, 3.05) is 13.1 Å².